The lowest BCUT2D eigenvalue weighted by Crippen LogP contribution is -2.63. The topological polar surface area (TPSA) is 89.9 Å². The average molecular weight is 617 g/mol. The van der Waals surface area contributed by atoms with Crippen molar-refractivity contribution < 1.29 is 29.0 Å². The molecule has 5 fully saturated rings. The molecule has 4 saturated carbocycles. The molecule has 1 N–H and O–H groups in total. The molecule has 7 atom stereocenters. The van der Waals surface area contributed by atoms with Crippen LogP contribution in [0.4, 0.5) is 0 Å². The van der Waals surface area contributed by atoms with Crippen molar-refractivity contribution in [2.24, 2.45) is 45.8 Å². The van der Waals surface area contributed by atoms with Gasteiger partial charge in [-0.15, -0.1) is 0 Å². The fourth-order valence-corrected chi connectivity index (χ4v) is 10.7. The SMILES string of the molecule is CCCCCC(C)(CCC)CC(C(=O)OC(C)(C)C12CC3CC(CC(O)(C3)C1)C2)C1C(=O)OC(=O)C1C(C)(CC)CCCC. The van der Waals surface area contributed by atoms with Gasteiger partial charge in [0.25, 0.3) is 0 Å². The molecule has 0 spiro atoms. The van der Waals surface area contributed by atoms with Crippen molar-refractivity contribution in [3.63, 3.8) is 0 Å². The Kier molecular flexibility index (Phi) is 10.8. The summed E-state index contributed by atoms with van der Waals surface area (Å²) in [6, 6.07) is 0. The molecule has 0 amide bonds. The van der Waals surface area contributed by atoms with E-state index in [4.69, 9.17) is 9.47 Å². The zero-order valence-corrected chi connectivity index (χ0v) is 29.4. The second kappa shape index (κ2) is 13.4. The van der Waals surface area contributed by atoms with Gasteiger partial charge in [-0.25, -0.2) is 0 Å². The van der Waals surface area contributed by atoms with Gasteiger partial charge < -0.3 is 14.6 Å². The highest BCUT2D eigenvalue weighted by Crippen LogP contribution is 2.66. The number of esters is 3. The molecule has 1 saturated heterocycles. The highest BCUT2D eigenvalue weighted by Gasteiger charge is 2.64. The van der Waals surface area contributed by atoms with Gasteiger partial charge in [0.15, 0.2) is 0 Å². The lowest BCUT2D eigenvalue weighted by molar-refractivity contribution is -0.235. The maximum Gasteiger partial charge on any atom is 0.318 e. The molecule has 5 rings (SSSR count). The third kappa shape index (κ3) is 6.95. The standard InChI is InChI=1S/C38H64O6/c1-9-13-15-17-35(7,16-11-3)24-28(29-30(33(41)43-32(29)40)36(8,12-4)18-14-10-2)31(39)44-34(5,6)37-20-26-19-27(21-37)23-38(42,22-26)25-37/h26-30,42H,9-25H2,1-8H3. The van der Waals surface area contributed by atoms with Crippen molar-refractivity contribution in [2.45, 2.75) is 176 Å². The Bertz CT molecular complexity index is 1030. The summed E-state index contributed by atoms with van der Waals surface area (Å²) in [7, 11) is 0. The molecule has 0 radical (unpaired) electrons. The van der Waals surface area contributed by atoms with E-state index < -0.39 is 46.3 Å². The highest BCUT2D eigenvalue weighted by molar-refractivity contribution is 5.99. The van der Waals surface area contributed by atoms with E-state index in [2.05, 4.69) is 41.5 Å². The van der Waals surface area contributed by atoms with Gasteiger partial charge >= 0.3 is 17.9 Å². The quantitative estimate of drug-likeness (QED) is 0.0997. The van der Waals surface area contributed by atoms with E-state index in [1.807, 2.05) is 13.8 Å². The summed E-state index contributed by atoms with van der Waals surface area (Å²) in [5.74, 6) is -2.68. The molecule has 6 nitrogen and oxygen atoms in total. The Morgan fingerprint density at radius 3 is 2.07 bits per heavy atom. The average Bonchev–Trinajstić information content (AvgIpc) is 3.22. The summed E-state index contributed by atoms with van der Waals surface area (Å²) in [6.07, 6.45) is 15.7. The van der Waals surface area contributed by atoms with Crippen LogP contribution >= 0.6 is 0 Å². The van der Waals surface area contributed by atoms with Gasteiger partial charge in [0, 0.05) is 5.41 Å². The molecule has 0 aromatic rings. The summed E-state index contributed by atoms with van der Waals surface area (Å²) < 4.78 is 12.1. The number of unbranched alkanes of at least 4 members (excludes halogenated alkanes) is 3. The second-order valence-electron chi connectivity index (χ2n) is 17.1. The van der Waals surface area contributed by atoms with Gasteiger partial charge in [-0.2, -0.15) is 0 Å². The number of aliphatic hydroxyl groups is 1. The Hall–Kier alpha value is -1.43. The first-order valence-electron chi connectivity index (χ1n) is 18.3. The minimum Gasteiger partial charge on any atom is -0.459 e. The van der Waals surface area contributed by atoms with Crippen molar-refractivity contribution in [1.82, 2.24) is 0 Å². The molecule has 0 aromatic carbocycles. The Labute approximate surface area is 268 Å². The fraction of sp³-hybridized carbons (Fsp3) is 0.921. The molecule has 6 heteroatoms. The van der Waals surface area contributed by atoms with Gasteiger partial charge in [0.1, 0.15) is 5.60 Å². The summed E-state index contributed by atoms with van der Waals surface area (Å²) in [5.41, 5.74) is -2.33. The van der Waals surface area contributed by atoms with Crippen LogP contribution < -0.4 is 0 Å². The van der Waals surface area contributed by atoms with Crippen molar-refractivity contribution in [1.29, 1.82) is 0 Å². The van der Waals surface area contributed by atoms with Gasteiger partial charge in [0.2, 0.25) is 0 Å². The van der Waals surface area contributed by atoms with Crippen LogP contribution in [0.15, 0.2) is 0 Å². The van der Waals surface area contributed by atoms with Crippen molar-refractivity contribution >= 4 is 17.9 Å². The largest absolute Gasteiger partial charge is 0.459 e. The van der Waals surface area contributed by atoms with Gasteiger partial charge in [-0.3, -0.25) is 14.4 Å². The van der Waals surface area contributed by atoms with Crippen LogP contribution in [0.2, 0.25) is 0 Å². The van der Waals surface area contributed by atoms with Gasteiger partial charge in [-0.1, -0.05) is 80.1 Å². The molecule has 4 aliphatic carbocycles. The third-order valence-electron chi connectivity index (χ3n) is 13.1. The van der Waals surface area contributed by atoms with E-state index in [-0.39, 0.29) is 16.8 Å². The van der Waals surface area contributed by atoms with E-state index in [0.717, 1.165) is 96.3 Å². The highest BCUT2D eigenvalue weighted by atomic mass is 16.6. The van der Waals surface area contributed by atoms with E-state index in [0.29, 0.717) is 24.7 Å². The minimum absolute atomic E-state index is 0.157. The molecular weight excluding hydrogens is 552 g/mol. The maximum absolute atomic E-state index is 14.8. The summed E-state index contributed by atoms with van der Waals surface area (Å²) in [5, 5.41) is 11.5. The number of carbonyl (C=O) groups is 3. The minimum atomic E-state index is -0.837. The second-order valence-corrected chi connectivity index (χ2v) is 17.1. The lowest BCUT2D eigenvalue weighted by atomic mass is 9.44. The number of cyclic esters (lactones) is 2. The molecule has 5 aliphatic rings. The molecule has 4 bridgehead atoms. The Morgan fingerprint density at radius 1 is 0.886 bits per heavy atom. The molecule has 44 heavy (non-hydrogen) atoms. The molecule has 1 aliphatic heterocycles. The van der Waals surface area contributed by atoms with Gasteiger partial charge in [-0.05, 0) is 107 Å². The van der Waals surface area contributed by atoms with Crippen LogP contribution in [-0.4, -0.2) is 34.2 Å². The van der Waals surface area contributed by atoms with Crippen LogP contribution in [0, 0.1) is 45.8 Å². The maximum atomic E-state index is 14.8. The predicted molar refractivity (Wildman–Crippen MR) is 174 cm³/mol. The molecule has 252 valence electrons. The van der Waals surface area contributed by atoms with Crippen molar-refractivity contribution in [2.75, 3.05) is 0 Å². The first-order valence-corrected chi connectivity index (χ1v) is 18.3. The van der Waals surface area contributed by atoms with Crippen molar-refractivity contribution in [3.05, 3.63) is 0 Å². The van der Waals surface area contributed by atoms with Crippen molar-refractivity contribution in [3.8, 4) is 0 Å². The normalized spacial score (nSPS) is 34.8. The molecule has 0 aromatic heterocycles. The summed E-state index contributed by atoms with van der Waals surface area (Å²) in [6.45, 7) is 17.1. The van der Waals surface area contributed by atoms with E-state index in [1.54, 1.807) is 0 Å². The first-order chi connectivity index (χ1) is 20.6. The number of rotatable bonds is 17. The summed E-state index contributed by atoms with van der Waals surface area (Å²) in [4.78, 5) is 42.0. The van der Waals surface area contributed by atoms with E-state index in [9.17, 15) is 19.5 Å². The van der Waals surface area contributed by atoms with Crippen LogP contribution in [0.25, 0.3) is 0 Å². The van der Waals surface area contributed by atoms with Crippen LogP contribution in [0.3, 0.4) is 0 Å². The first kappa shape index (κ1) is 35.4. The number of hydrogen-bond acceptors (Lipinski definition) is 6. The fourth-order valence-electron chi connectivity index (χ4n) is 10.7. The predicted octanol–water partition coefficient (Wildman–Crippen LogP) is 8.95. The van der Waals surface area contributed by atoms with Crippen LogP contribution in [0.1, 0.15) is 165 Å². The van der Waals surface area contributed by atoms with Gasteiger partial charge in [0.05, 0.1) is 23.4 Å². The zero-order valence-electron chi connectivity index (χ0n) is 29.4. The lowest BCUT2D eigenvalue weighted by Gasteiger charge is -2.64. The molecule has 7 unspecified atom stereocenters. The van der Waals surface area contributed by atoms with Crippen LogP contribution in [-0.2, 0) is 23.9 Å². The number of hydrogen-bond donors (Lipinski definition) is 1. The van der Waals surface area contributed by atoms with E-state index in [1.165, 1.54) is 0 Å². The molecule has 1 heterocycles. The summed E-state index contributed by atoms with van der Waals surface area (Å²) >= 11 is 0. The Morgan fingerprint density at radius 2 is 1.52 bits per heavy atom. The number of ether oxygens (including phenoxy) is 2. The van der Waals surface area contributed by atoms with E-state index >= 15 is 0 Å². The third-order valence-corrected chi connectivity index (χ3v) is 13.1. The zero-order chi connectivity index (χ0) is 32.6. The number of carbonyl (C=O) groups excluding carboxylic acids is 3. The molecular formula is C38H64O6. The smallest absolute Gasteiger partial charge is 0.318 e. The monoisotopic (exact) mass is 616 g/mol. The van der Waals surface area contributed by atoms with Crippen LogP contribution in [0.5, 0.6) is 0 Å². The Balaban J connectivity index is 1.71.